The van der Waals surface area contributed by atoms with Crippen LogP contribution in [0.2, 0.25) is 0 Å². The van der Waals surface area contributed by atoms with E-state index in [-0.39, 0.29) is 0 Å². The zero-order valence-corrected chi connectivity index (χ0v) is 10.7. The quantitative estimate of drug-likeness (QED) is 0.386. The Morgan fingerprint density at radius 3 is 2.52 bits per heavy atom. The molecule has 0 saturated heterocycles. The van der Waals surface area contributed by atoms with Gasteiger partial charge >= 0.3 is 6.18 Å². The first-order valence-electron chi connectivity index (χ1n) is 5.62. The minimum Gasteiger partial charge on any atom is -0.393 e. The Balaban J connectivity index is 3.00. The van der Waals surface area contributed by atoms with Gasteiger partial charge in [-0.25, -0.2) is 4.39 Å². The lowest BCUT2D eigenvalue weighted by Gasteiger charge is -2.16. The molecular weight excluding hydrogens is 298 g/mol. The second-order valence-corrected chi connectivity index (χ2v) is 4.34. The number of hydrogen-bond acceptors (Lipinski definition) is 4. The number of carbonyl (C=O) groups excluding carboxylic acids is 1. The molecule has 0 bridgehead atoms. The van der Waals surface area contributed by atoms with Crippen molar-refractivity contribution < 1.29 is 27.3 Å². The van der Waals surface area contributed by atoms with Gasteiger partial charge in [-0.2, -0.15) is 13.2 Å². The number of nitrogen functional groups attached to an aromatic ring is 1. The van der Waals surface area contributed by atoms with Crippen LogP contribution in [0.1, 0.15) is 23.7 Å². The van der Waals surface area contributed by atoms with Gasteiger partial charge in [-0.3, -0.25) is 14.9 Å². The Bertz CT molecular complexity index is 575. The molecule has 0 aliphatic heterocycles. The van der Waals surface area contributed by atoms with Crippen LogP contribution >= 0.6 is 0 Å². The summed E-state index contributed by atoms with van der Waals surface area (Å²) in [4.78, 5) is 21.4. The van der Waals surface area contributed by atoms with Gasteiger partial charge < -0.3 is 11.1 Å². The molecule has 0 spiro atoms. The van der Waals surface area contributed by atoms with Crippen molar-refractivity contribution in [1.82, 2.24) is 5.32 Å². The van der Waals surface area contributed by atoms with E-state index in [1.165, 1.54) is 0 Å². The van der Waals surface area contributed by atoms with Crippen molar-refractivity contribution >= 4 is 17.3 Å². The molecule has 0 heterocycles. The summed E-state index contributed by atoms with van der Waals surface area (Å²) in [6, 6.07) is -0.150. The summed E-state index contributed by atoms with van der Waals surface area (Å²) in [6.07, 6.45) is -5.79. The first-order chi connectivity index (χ1) is 9.51. The molecule has 0 radical (unpaired) electrons. The van der Waals surface area contributed by atoms with Crippen LogP contribution in [0, 0.1) is 15.9 Å². The van der Waals surface area contributed by atoms with E-state index in [4.69, 9.17) is 5.73 Å². The summed E-state index contributed by atoms with van der Waals surface area (Å²) in [7, 11) is 0. The maximum atomic E-state index is 13.2. The minimum atomic E-state index is -4.49. The lowest BCUT2D eigenvalue weighted by atomic mass is 10.1. The van der Waals surface area contributed by atoms with Crippen LogP contribution in [0.5, 0.6) is 0 Å². The van der Waals surface area contributed by atoms with Gasteiger partial charge in [0.15, 0.2) is 0 Å². The van der Waals surface area contributed by atoms with E-state index in [0.717, 1.165) is 6.92 Å². The van der Waals surface area contributed by atoms with Crippen LogP contribution in [0.3, 0.4) is 0 Å². The molecule has 1 amide bonds. The van der Waals surface area contributed by atoms with E-state index in [9.17, 15) is 32.5 Å². The Kier molecular flexibility index (Phi) is 4.71. The normalized spacial score (nSPS) is 12.8. The van der Waals surface area contributed by atoms with E-state index in [1.807, 2.05) is 5.32 Å². The van der Waals surface area contributed by atoms with Gasteiger partial charge in [0.1, 0.15) is 11.5 Å². The fraction of sp³-hybridized carbons (Fsp3) is 0.364. The summed E-state index contributed by atoms with van der Waals surface area (Å²) < 4.78 is 49.7. The van der Waals surface area contributed by atoms with Crippen LogP contribution in [-0.4, -0.2) is 23.0 Å². The van der Waals surface area contributed by atoms with Crippen molar-refractivity contribution in [2.45, 2.75) is 25.6 Å². The third-order valence-electron chi connectivity index (χ3n) is 2.48. The number of nitrogens with two attached hydrogens (primary N) is 1. The number of anilines is 1. The van der Waals surface area contributed by atoms with Crippen molar-refractivity contribution in [3.05, 3.63) is 33.6 Å². The highest BCUT2D eigenvalue weighted by Gasteiger charge is 2.31. The van der Waals surface area contributed by atoms with Gasteiger partial charge in [0.25, 0.3) is 11.6 Å². The van der Waals surface area contributed by atoms with E-state index in [2.05, 4.69) is 0 Å². The smallest absolute Gasteiger partial charge is 0.391 e. The number of nitrogens with zero attached hydrogens (tertiary/aromatic N) is 1. The van der Waals surface area contributed by atoms with Crippen LogP contribution in [0.4, 0.5) is 28.9 Å². The molecule has 1 rings (SSSR count). The number of nitrogens with one attached hydrogen (secondary N) is 1. The molecule has 3 N–H and O–H groups in total. The van der Waals surface area contributed by atoms with Crippen LogP contribution in [0.15, 0.2) is 12.1 Å². The molecule has 0 aromatic heterocycles. The highest BCUT2D eigenvalue weighted by atomic mass is 19.4. The van der Waals surface area contributed by atoms with Crippen LogP contribution in [0.25, 0.3) is 0 Å². The largest absolute Gasteiger partial charge is 0.393 e. The standard InChI is InChI=1S/C11H11F4N3O3/c1-5(4-11(13,14)15)17-10(19)7-2-6(12)3-8(9(7)16)18(20)21/h2-3,5H,4,16H2,1H3,(H,17,19). The van der Waals surface area contributed by atoms with Gasteiger partial charge in [0.2, 0.25) is 0 Å². The molecule has 1 unspecified atom stereocenters. The van der Waals surface area contributed by atoms with Crippen LogP contribution < -0.4 is 11.1 Å². The van der Waals surface area contributed by atoms with Gasteiger partial charge in [0.05, 0.1) is 23.0 Å². The number of carbonyl (C=O) groups is 1. The third kappa shape index (κ3) is 4.58. The first kappa shape index (κ1) is 16.7. The van der Waals surface area contributed by atoms with Crippen molar-refractivity contribution in [1.29, 1.82) is 0 Å². The molecule has 0 fully saturated rings. The molecule has 1 aromatic rings. The number of hydrogen-bond donors (Lipinski definition) is 2. The van der Waals surface area contributed by atoms with Gasteiger partial charge in [-0.15, -0.1) is 0 Å². The van der Waals surface area contributed by atoms with Crippen molar-refractivity contribution in [3.63, 3.8) is 0 Å². The molecule has 0 aliphatic rings. The molecule has 116 valence electrons. The second-order valence-electron chi connectivity index (χ2n) is 4.34. The van der Waals surface area contributed by atoms with Gasteiger partial charge in [0, 0.05) is 6.04 Å². The van der Waals surface area contributed by atoms with Gasteiger partial charge in [-0.05, 0) is 13.0 Å². The Hall–Kier alpha value is -2.39. The number of nitro benzene ring substituents is 1. The second kappa shape index (κ2) is 5.94. The van der Waals surface area contributed by atoms with E-state index in [1.54, 1.807) is 0 Å². The highest BCUT2D eigenvalue weighted by Crippen LogP contribution is 2.27. The fourth-order valence-corrected chi connectivity index (χ4v) is 1.64. The van der Waals surface area contributed by atoms with Crippen molar-refractivity contribution in [2.75, 3.05) is 5.73 Å². The fourth-order valence-electron chi connectivity index (χ4n) is 1.64. The zero-order chi connectivity index (χ0) is 16.4. The lowest BCUT2D eigenvalue weighted by molar-refractivity contribution is -0.384. The Morgan fingerprint density at radius 2 is 2.05 bits per heavy atom. The first-order valence-corrected chi connectivity index (χ1v) is 5.62. The average molecular weight is 309 g/mol. The predicted octanol–water partition coefficient (Wildman–Crippen LogP) is 2.39. The average Bonchev–Trinajstić information content (AvgIpc) is 2.28. The molecule has 10 heteroatoms. The summed E-state index contributed by atoms with van der Waals surface area (Å²) in [5.74, 6) is -2.21. The molecule has 6 nitrogen and oxygen atoms in total. The maximum Gasteiger partial charge on any atom is 0.391 e. The van der Waals surface area contributed by atoms with Crippen LogP contribution in [-0.2, 0) is 0 Å². The van der Waals surface area contributed by atoms with Crippen molar-refractivity contribution in [3.8, 4) is 0 Å². The van der Waals surface area contributed by atoms with Gasteiger partial charge in [-0.1, -0.05) is 0 Å². The lowest BCUT2D eigenvalue weighted by Crippen LogP contribution is -2.36. The van der Waals surface area contributed by atoms with E-state index < -0.39 is 52.2 Å². The Labute approximate surface area is 116 Å². The molecule has 1 aromatic carbocycles. The molecule has 0 aliphatic carbocycles. The molecule has 1 atom stereocenters. The Morgan fingerprint density at radius 1 is 1.48 bits per heavy atom. The highest BCUT2D eigenvalue weighted by molar-refractivity contribution is 6.01. The van der Waals surface area contributed by atoms with E-state index in [0.29, 0.717) is 12.1 Å². The summed E-state index contributed by atoms with van der Waals surface area (Å²) in [5.41, 5.74) is 3.34. The van der Waals surface area contributed by atoms with Crippen molar-refractivity contribution in [2.24, 2.45) is 0 Å². The number of alkyl halides is 3. The number of rotatable bonds is 4. The number of amides is 1. The summed E-state index contributed by atoms with van der Waals surface area (Å²) in [5, 5.41) is 12.6. The molecular formula is C11H11F4N3O3. The molecule has 21 heavy (non-hydrogen) atoms. The summed E-state index contributed by atoms with van der Waals surface area (Å²) >= 11 is 0. The monoisotopic (exact) mass is 309 g/mol. The number of benzene rings is 1. The zero-order valence-electron chi connectivity index (χ0n) is 10.7. The molecule has 0 saturated carbocycles. The topological polar surface area (TPSA) is 98.3 Å². The predicted molar refractivity (Wildman–Crippen MR) is 65.1 cm³/mol. The maximum absolute atomic E-state index is 13.2. The number of halogens is 4. The summed E-state index contributed by atoms with van der Waals surface area (Å²) in [6.45, 7) is 1.09. The minimum absolute atomic E-state index is 0.519. The van der Waals surface area contributed by atoms with E-state index >= 15 is 0 Å². The SMILES string of the molecule is CC(CC(F)(F)F)NC(=O)c1cc(F)cc([N+](=O)[O-])c1N. The number of nitro groups is 1. The third-order valence-corrected chi connectivity index (χ3v) is 2.48.